The number of fused-ring (bicyclic) bond motifs is 1. The van der Waals surface area contributed by atoms with Crippen LogP contribution in [0.25, 0.3) is 11.2 Å². The van der Waals surface area contributed by atoms with Crippen molar-refractivity contribution < 1.29 is 0 Å². The molecule has 1 aromatic carbocycles. The minimum Gasteiger partial charge on any atom is -0.328 e. The highest BCUT2D eigenvalue weighted by atomic mass is 32.2. The quantitative estimate of drug-likeness (QED) is 0.698. The summed E-state index contributed by atoms with van der Waals surface area (Å²) >= 11 is 1.56. The summed E-state index contributed by atoms with van der Waals surface area (Å²) in [5.41, 5.74) is 3.91. The summed E-state index contributed by atoms with van der Waals surface area (Å²) in [7, 11) is 0. The highest BCUT2D eigenvalue weighted by molar-refractivity contribution is 7.99. The first kappa shape index (κ1) is 16.3. The second kappa shape index (κ2) is 6.89. The second-order valence-corrected chi connectivity index (χ2v) is 6.69. The summed E-state index contributed by atoms with van der Waals surface area (Å²) in [5.74, 6) is 0. The molecule has 2 N–H and O–H groups in total. The van der Waals surface area contributed by atoms with Crippen LogP contribution in [-0.4, -0.2) is 19.5 Å². The van der Waals surface area contributed by atoms with Crippen molar-refractivity contribution in [3.8, 4) is 6.07 Å². The van der Waals surface area contributed by atoms with E-state index in [1.54, 1.807) is 18.1 Å². The Morgan fingerprint density at radius 3 is 3.00 bits per heavy atom. The van der Waals surface area contributed by atoms with Crippen LogP contribution in [0.1, 0.15) is 24.0 Å². The van der Waals surface area contributed by atoms with Crippen molar-refractivity contribution in [2.45, 2.75) is 43.3 Å². The zero-order chi connectivity index (χ0) is 17.1. The Balaban J connectivity index is 1.97. The highest BCUT2D eigenvalue weighted by Gasteiger charge is 2.11. The van der Waals surface area contributed by atoms with Gasteiger partial charge in [0.2, 0.25) is 0 Å². The van der Waals surface area contributed by atoms with Gasteiger partial charge in [-0.1, -0.05) is 23.9 Å². The molecule has 0 aliphatic carbocycles. The minimum atomic E-state index is 0.182. The van der Waals surface area contributed by atoms with Gasteiger partial charge >= 0.3 is 0 Å². The summed E-state index contributed by atoms with van der Waals surface area (Å²) in [6.45, 7) is 4.80. The summed E-state index contributed by atoms with van der Waals surface area (Å²) in [4.78, 5) is 13.1. The number of hydrogen-bond donors (Lipinski definition) is 2. The topological polar surface area (TPSA) is 94.1 Å². The van der Waals surface area contributed by atoms with Crippen LogP contribution in [0.2, 0.25) is 0 Å². The first-order valence-corrected chi connectivity index (χ1v) is 8.52. The van der Waals surface area contributed by atoms with E-state index in [1.807, 2.05) is 4.57 Å². The zero-order valence-corrected chi connectivity index (χ0v) is 14.4. The lowest BCUT2D eigenvalue weighted by Gasteiger charge is -2.04. The molecule has 2 aromatic heterocycles. The van der Waals surface area contributed by atoms with E-state index in [4.69, 9.17) is 10.7 Å². The molecule has 0 aliphatic rings. The smallest absolute Gasteiger partial charge is 0.173 e. The normalized spacial score (nSPS) is 10.9. The van der Waals surface area contributed by atoms with Gasteiger partial charge in [0.05, 0.1) is 12.4 Å². The molecule has 7 heteroatoms. The monoisotopic (exact) mass is 338 g/mol. The molecule has 0 fully saturated rings. The van der Waals surface area contributed by atoms with E-state index in [-0.39, 0.29) is 5.49 Å². The van der Waals surface area contributed by atoms with Gasteiger partial charge in [-0.15, -0.1) is 0 Å². The first-order valence-electron chi connectivity index (χ1n) is 7.70. The Morgan fingerprint density at radius 1 is 1.38 bits per heavy atom. The van der Waals surface area contributed by atoms with Crippen LogP contribution in [0.4, 0.5) is 0 Å². The lowest BCUT2D eigenvalue weighted by Crippen LogP contribution is -2.12. The summed E-state index contributed by atoms with van der Waals surface area (Å²) in [6.07, 6.45) is 2.85. The first-order chi connectivity index (χ1) is 11.6. The van der Waals surface area contributed by atoms with Gasteiger partial charge in [-0.3, -0.25) is 5.41 Å². The average Bonchev–Trinajstić information content (AvgIpc) is 2.98. The maximum Gasteiger partial charge on any atom is 0.173 e. The molecule has 0 atom stereocenters. The van der Waals surface area contributed by atoms with Gasteiger partial charge in [-0.05, 0) is 37.5 Å². The summed E-state index contributed by atoms with van der Waals surface area (Å²) < 4.78 is 1.90. The number of imidazole rings is 1. The van der Waals surface area contributed by atoms with Gasteiger partial charge in [0.15, 0.2) is 16.3 Å². The van der Waals surface area contributed by atoms with Gasteiger partial charge < -0.3 is 9.55 Å². The Kier molecular flexibility index (Phi) is 4.67. The van der Waals surface area contributed by atoms with Crippen LogP contribution in [-0.2, 0) is 6.54 Å². The number of aryl methyl sites for hydroxylation is 3. The van der Waals surface area contributed by atoms with Crippen molar-refractivity contribution in [1.29, 1.82) is 10.7 Å². The molecule has 0 spiro atoms. The molecular weight excluding hydrogens is 320 g/mol. The molecule has 122 valence electrons. The van der Waals surface area contributed by atoms with Crippen molar-refractivity contribution in [2.75, 3.05) is 0 Å². The fourth-order valence-electron chi connectivity index (χ4n) is 2.42. The van der Waals surface area contributed by atoms with Gasteiger partial charge in [0.25, 0.3) is 0 Å². The number of unbranched alkanes of at least 4 members (excludes halogenated alkanes) is 1. The van der Waals surface area contributed by atoms with Crippen LogP contribution in [0.5, 0.6) is 0 Å². The van der Waals surface area contributed by atoms with Crippen molar-refractivity contribution in [3.63, 3.8) is 0 Å². The fourth-order valence-corrected chi connectivity index (χ4v) is 3.39. The molecule has 0 saturated heterocycles. The van der Waals surface area contributed by atoms with E-state index in [2.05, 4.69) is 53.1 Å². The Morgan fingerprint density at radius 2 is 2.21 bits per heavy atom. The standard InChI is InChI=1S/C17H18N6S/c1-11-5-6-12(2)13(9-11)24-17-21-14-15(19)20-10-23(16(14)22-17)8-4-3-7-18/h5-6,9-10,19H,3-4,8H2,1-2H3,(H,21,22). The Bertz CT molecular complexity index is 979. The molecule has 0 unspecified atom stereocenters. The Labute approximate surface area is 144 Å². The molecule has 0 aliphatic heterocycles. The van der Waals surface area contributed by atoms with E-state index >= 15 is 0 Å². The Hall–Kier alpha value is -2.59. The lowest BCUT2D eigenvalue weighted by molar-refractivity contribution is 0.651. The number of rotatable bonds is 5. The third-order valence-corrected chi connectivity index (χ3v) is 4.78. The van der Waals surface area contributed by atoms with E-state index in [9.17, 15) is 0 Å². The molecule has 0 saturated carbocycles. The van der Waals surface area contributed by atoms with Crippen LogP contribution in [0.15, 0.2) is 34.6 Å². The van der Waals surface area contributed by atoms with E-state index in [0.29, 0.717) is 24.1 Å². The number of H-pyrrole nitrogens is 1. The van der Waals surface area contributed by atoms with Gasteiger partial charge in [-0.25, -0.2) is 9.97 Å². The molecule has 3 rings (SSSR count). The number of aromatic amines is 1. The van der Waals surface area contributed by atoms with Crippen molar-refractivity contribution >= 4 is 22.9 Å². The van der Waals surface area contributed by atoms with Crippen LogP contribution < -0.4 is 5.49 Å². The molecule has 0 bridgehead atoms. The SMILES string of the molecule is Cc1ccc(C)c(Sc2nc3c([nH]2)c(=N)ncn3CCCC#N)c1. The number of benzene rings is 1. The number of nitrogens with zero attached hydrogens (tertiary/aromatic N) is 4. The van der Waals surface area contributed by atoms with Crippen molar-refractivity contribution in [3.05, 3.63) is 41.1 Å². The second-order valence-electron chi connectivity index (χ2n) is 5.66. The number of nitrogens with one attached hydrogen (secondary N) is 2. The molecule has 2 heterocycles. The molecule has 0 radical (unpaired) electrons. The fraction of sp³-hybridized carbons (Fsp3) is 0.294. The van der Waals surface area contributed by atoms with Crippen molar-refractivity contribution in [1.82, 2.24) is 19.5 Å². The van der Waals surface area contributed by atoms with E-state index in [1.165, 1.54) is 11.1 Å². The minimum absolute atomic E-state index is 0.182. The zero-order valence-electron chi connectivity index (χ0n) is 13.6. The van der Waals surface area contributed by atoms with Gasteiger partial charge in [-0.2, -0.15) is 5.26 Å². The van der Waals surface area contributed by atoms with Gasteiger partial charge in [0.1, 0.15) is 5.52 Å². The molecule has 6 nitrogen and oxygen atoms in total. The largest absolute Gasteiger partial charge is 0.328 e. The average molecular weight is 338 g/mol. The highest BCUT2D eigenvalue weighted by Crippen LogP contribution is 2.29. The number of hydrogen-bond acceptors (Lipinski definition) is 5. The van der Waals surface area contributed by atoms with Crippen LogP contribution in [0, 0.1) is 30.6 Å². The third kappa shape index (κ3) is 3.34. The van der Waals surface area contributed by atoms with Crippen molar-refractivity contribution in [2.24, 2.45) is 0 Å². The van der Waals surface area contributed by atoms with Crippen LogP contribution in [0.3, 0.4) is 0 Å². The number of nitriles is 1. The van der Waals surface area contributed by atoms with E-state index in [0.717, 1.165) is 16.5 Å². The maximum absolute atomic E-state index is 8.69. The predicted octanol–water partition coefficient (Wildman–Crippen LogP) is 3.31. The third-order valence-electron chi connectivity index (χ3n) is 3.74. The number of aromatic nitrogens is 4. The molecule has 24 heavy (non-hydrogen) atoms. The summed E-state index contributed by atoms with van der Waals surface area (Å²) in [5, 5.41) is 17.4. The molecule has 0 amide bonds. The van der Waals surface area contributed by atoms with Crippen LogP contribution >= 0.6 is 11.8 Å². The van der Waals surface area contributed by atoms with E-state index < -0.39 is 0 Å². The maximum atomic E-state index is 8.69. The lowest BCUT2D eigenvalue weighted by atomic mass is 10.2. The van der Waals surface area contributed by atoms with Gasteiger partial charge in [0, 0.05) is 17.9 Å². The summed E-state index contributed by atoms with van der Waals surface area (Å²) in [6, 6.07) is 8.46. The molecule has 3 aromatic rings. The predicted molar refractivity (Wildman–Crippen MR) is 92.6 cm³/mol. The molecular formula is C17H18N6S.